The minimum absolute atomic E-state index is 0.478. The van der Waals surface area contributed by atoms with Gasteiger partial charge >= 0.3 is 0 Å². The summed E-state index contributed by atoms with van der Waals surface area (Å²) in [5.74, 6) is 1.26. The summed E-state index contributed by atoms with van der Waals surface area (Å²) < 4.78 is 5.86. The van der Waals surface area contributed by atoms with E-state index in [1.807, 2.05) is 57.1 Å². The molecule has 2 aromatic rings. The van der Waals surface area contributed by atoms with Crippen molar-refractivity contribution < 1.29 is 4.74 Å². The Kier molecular flexibility index (Phi) is 3.90. The van der Waals surface area contributed by atoms with Crippen LogP contribution in [-0.4, -0.2) is 19.1 Å². The molecule has 0 aliphatic rings. The van der Waals surface area contributed by atoms with E-state index >= 15 is 0 Å². The van der Waals surface area contributed by atoms with Crippen molar-refractivity contribution in [3.8, 4) is 17.6 Å². The highest BCUT2D eigenvalue weighted by atomic mass is 16.5. The zero-order chi connectivity index (χ0) is 14.7. The SMILES string of the molecule is Cc1cc(Oc2cccc(N(C)C)c2)c(C#N)c(C)n1. The molecule has 0 unspecified atom stereocenters. The smallest absolute Gasteiger partial charge is 0.148 e. The van der Waals surface area contributed by atoms with E-state index in [2.05, 4.69) is 11.1 Å². The molecule has 20 heavy (non-hydrogen) atoms. The van der Waals surface area contributed by atoms with Gasteiger partial charge in [-0.2, -0.15) is 5.26 Å². The van der Waals surface area contributed by atoms with Crippen molar-refractivity contribution in [2.24, 2.45) is 0 Å². The van der Waals surface area contributed by atoms with E-state index in [0.29, 0.717) is 22.8 Å². The van der Waals surface area contributed by atoms with E-state index in [1.165, 1.54) is 0 Å². The third-order valence-corrected chi connectivity index (χ3v) is 2.97. The highest BCUT2D eigenvalue weighted by Crippen LogP contribution is 2.29. The molecule has 4 heteroatoms. The lowest BCUT2D eigenvalue weighted by Crippen LogP contribution is -2.08. The van der Waals surface area contributed by atoms with Crippen molar-refractivity contribution in [3.63, 3.8) is 0 Å². The summed E-state index contributed by atoms with van der Waals surface area (Å²) in [6.45, 7) is 3.70. The van der Waals surface area contributed by atoms with E-state index in [4.69, 9.17) is 4.74 Å². The highest BCUT2D eigenvalue weighted by molar-refractivity contribution is 5.52. The van der Waals surface area contributed by atoms with Gasteiger partial charge in [0.15, 0.2) is 0 Å². The van der Waals surface area contributed by atoms with Crippen molar-refractivity contribution in [2.45, 2.75) is 13.8 Å². The van der Waals surface area contributed by atoms with Crippen LogP contribution < -0.4 is 9.64 Å². The molecule has 0 aliphatic carbocycles. The maximum Gasteiger partial charge on any atom is 0.148 e. The zero-order valence-corrected chi connectivity index (χ0v) is 12.1. The first-order chi connectivity index (χ1) is 9.51. The molecule has 0 spiro atoms. The first-order valence-electron chi connectivity index (χ1n) is 6.35. The van der Waals surface area contributed by atoms with Gasteiger partial charge in [0.2, 0.25) is 0 Å². The lowest BCUT2D eigenvalue weighted by molar-refractivity contribution is 0.479. The summed E-state index contributed by atoms with van der Waals surface area (Å²) in [5.41, 5.74) is 3.04. The number of aryl methyl sites for hydroxylation is 2. The van der Waals surface area contributed by atoms with E-state index < -0.39 is 0 Å². The normalized spacial score (nSPS) is 9.95. The topological polar surface area (TPSA) is 49.1 Å². The number of ether oxygens (including phenoxy) is 1. The molecular formula is C16H17N3O. The summed E-state index contributed by atoms with van der Waals surface area (Å²) in [6.07, 6.45) is 0. The maximum absolute atomic E-state index is 9.23. The number of rotatable bonds is 3. The third kappa shape index (κ3) is 2.89. The largest absolute Gasteiger partial charge is 0.456 e. The van der Waals surface area contributed by atoms with Gasteiger partial charge in [0.05, 0.1) is 5.69 Å². The second-order valence-electron chi connectivity index (χ2n) is 4.83. The van der Waals surface area contributed by atoms with Crippen LogP contribution in [0.1, 0.15) is 17.0 Å². The molecule has 102 valence electrons. The number of nitriles is 1. The molecule has 1 heterocycles. The lowest BCUT2D eigenvalue weighted by Gasteiger charge is -2.15. The number of pyridine rings is 1. The van der Waals surface area contributed by atoms with Crippen LogP contribution in [0, 0.1) is 25.2 Å². The number of hydrogen-bond acceptors (Lipinski definition) is 4. The number of benzene rings is 1. The molecule has 0 saturated carbocycles. The van der Waals surface area contributed by atoms with Crippen LogP contribution in [0.2, 0.25) is 0 Å². The molecule has 4 nitrogen and oxygen atoms in total. The average molecular weight is 267 g/mol. The second-order valence-corrected chi connectivity index (χ2v) is 4.83. The predicted octanol–water partition coefficient (Wildman–Crippen LogP) is 3.43. The Labute approximate surface area is 119 Å². The molecule has 0 saturated heterocycles. The van der Waals surface area contributed by atoms with Gasteiger partial charge in [-0.15, -0.1) is 0 Å². The molecule has 0 aliphatic heterocycles. The Bertz CT molecular complexity index is 672. The Morgan fingerprint density at radius 3 is 2.60 bits per heavy atom. The molecule has 1 aromatic carbocycles. The van der Waals surface area contributed by atoms with Crippen LogP contribution in [0.5, 0.6) is 11.5 Å². The zero-order valence-electron chi connectivity index (χ0n) is 12.1. The number of anilines is 1. The van der Waals surface area contributed by atoms with Gasteiger partial charge in [0.1, 0.15) is 23.1 Å². The van der Waals surface area contributed by atoms with E-state index in [9.17, 15) is 5.26 Å². The summed E-state index contributed by atoms with van der Waals surface area (Å²) in [7, 11) is 3.95. The van der Waals surface area contributed by atoms with Gasteiger partial charge in [0, 0.05) is 37.6 Å². The van der Waals surface area contributed by atoms with Crippen LogP contribution in [0.15, 0.2) is 30.3 Å². The van der Waals surface area contributed by atoms with Gasteiger partial charge in [0.25, 0.3) is 0 Å². The minimum atomic E-state index is 0.478. The lowest BCUT2D eigenvalue weighted by atomic mass is 10.2. The summed E-state index contributed by atoms with van der Waals surface area (Å²) in [4.78, 5) is 6.28. The molecule has 0 atom stereocenters. The minimum Gasteiger partial charge on any atom is -0.456 e. The van der Waals surface area contributed by atoms with Crippen LogP contribution >= 0.6 is 0 Å². The van der Waals surface area contributed by atoms with E-state index in [1.54, 1.807) is 6.07 Å². The van der Waals surface area contributed by atoms with Crippen LogP contribution in [0.3, 0.4) is 0 Å². The van der Waals surface area contributed by atoms with Crippen LogP contribution in [0.25, 0.3) is 0 Å². The van der Waals surface area contributed by atoms with Crippen LogP contribution in [-0.2, 0) is 0 Å². The molecule has 0 N–H and O–H groups in total. The second kappa shape index (κ2) is 5.62. The number of aromatic nitrogens is 1. The fourth-order valence-corrected chi connectivity index (χ4v) is 1.96. The summed E-state index contributed by atoms with van der Waals surface area (Å²) >= 11 is 0. The van der Waals surface area contributed by atoms with Gasteiger partial charge in [-0.1, -0.05) is 6.07 Å². The van der Waals surface area contributed by atoms with Crippen molar-refractivity contribution in [2.75, 3.05) is 19.0 Å². The standard InChI is InChI=1S/C16H17N3O/c1-11-8-16(15(10-17)12(2)18-11)20-14-7-5-6-13(9-14)19(3)4/h5-9H,1-4H3. The van der Waals surface area contributed by atoms with Crippen molar-refractivity contribution in [1.82, 2.24) is 4.98 Å². The highest BCUT2D eigenvalue weighted by Gasteiger charge is 2.10. The molecular weight excluding hydrogens is 250 g/mol. The average Bonchev–Trinajstić information content (AvgIpc) is 2.38. The van der Waals surface area contributed by atoms with Gasteiger partial charge < -0.3 is 9.64 Å². The quantitative estimate of drug-likeness (QED) is 0.855. The monoisotopic (exact) mass is 267 g/mol. The Morgan fingerprint density at radius 2 is 1.95 bits per heavy atom. The molecule has 0 radical (unpaired) electrons. The molecule has 0 fully saturated rings. The first kappa shape index (κ1) is 13.9. The number of nitrogens with zero attached hydrogens (tertiary/aromatic N) is 3. The summed E-state index contributed by atoms with van der Waals surface area (Å²) in [5, 5.41) is 9.23. The Balaban J connectivity index is 2.40. The molecule has 0 bridgehead atoms. The van der Waals surface area contributed by atoms with Gasteiger partial charge in [-0.3, -0.25) is 4.98 Å². The molecule has 1 aromatic heterocycles. The Morgan fingerprint density at radius 1 is 1.20 bits per heavy atom. The van der Waals surface area contributed by atoms with Crippen molar-refractivity contribution in [3.05, 3.63) is 47.3 Å². The molecule has 0 amide bonds. The van der Waals surface area contributed by atoms with E-state index in [-0.39, 0.29) is 0 Å². The van der Waals surface area contributed by atoms with Crippen LogP contribution in [0.4, 0.5) is 5.69 Å². The number of hydrogen-bond donors (Lipinski definition) is 0. The molecule has 2 rings (SSSR count). The van der Waals surface area contributed by atoms with Crippen molar-refractivity contribution in [1.29, 1.82) is 5.26 Å². The van der Waals surface area contributed by atoms with Gasteiger partial charge in [-0.25, -0.2) is 0 Å². The summed E-state index contributed by atoms with van der Waals surface area (Å²) in [6, 6.07) is 11.7. The fraction of sp³-hybridized carbons (Fsp3) is 0.250. The Hall–Kier alpha value is -2.54. The third-order valence-electron chi connectivity index (χ3n) is 2.97. The van der Waals surface area contributed by atoms with Crippen molar-refractivity contribution >= 4 is 5.69 Å². The van der Waals surface area contributed by atoms with E-state index in [0.717, 1.165) is 11.4 Å². The predicted molar refractivity (Wildman–Crippen MR) is 79.3 cm³/mol. The maximum atomic E-state index is 9.23. The fourth-order valence-electron chi connectivity index (χ4n) is 1.96. The first-order valence-corrected chi connectivity index (χ1v) is 6.35. The van der Waals surface area contributed by atoms with Gasteiger partial charge in [-0.05, 0) is 26.0 Å².